The smallest absolute Gasteiger partial charge is 0.148 e. The zero-order chi connectivity index (χ0) is 15.4. The Morgan fingerprint density at radius 1 is 1.24 bits per heavy atom. The summed E-state index contributed by atoms with van der Waals surface area (Å²) in [4.78, 5) is 0. The lowest BCUT2D eigenvalue weighted by Crippen LogP contribution is -2.13. The molecular weight excluding hydrogens is 296 g/mol. The van der Waals surface area contributed by atoms with E-state index in [1.807, 2.05) is 6.92 Å². The summed E-state index contributed by atoms with van der Waals surface area (Å²) in [6.45, 7) is 1.85. The first-order valence-electron chi connectivity index (χ1n) is 6.55. The molecule has 0 aliphatic heterocycles. The van der Waals surface area contributed by atoms with Gasteiger partial charge in [0.2, 0.25) is 0 Å². The van der Waals surface area contributed by atoms with Crippen molar-refractivity contribution in [1.82, 2.24) is 5.32 Å². The van der Waals surface area contributed by atoms with Crippen LogP contribution in [-0.4, -0.2) is 7.05 Å². The summed E-state index contributed by atoms with van der Waals surface area (Å²) < 4.78 is 33.1. The van der Waals surface area contributed by atoms with Crippen molar-refractivity contribution in [3.05, 3.63) is 64.2 Å². The van der Waals surface area contributed by atoms with Crippen molar-refractivity contribution in [1.29, 1.82) is 0 Å². The Kier molecular flexibility index (Phi) is 5.15. The van der Waals surface area contributed by atoms with E-state index in [0.717, 1.165) is 0 Å². The number of halogens is 3. The Balaban J connectivity index is 2.10. The maximum Gasteiger partial charge on any atom is 0.148 e. The van der Waals surface area contributed by atoms with Crippen molar-refractivity contribution in [3.63, 3.8) is 0 Å². The van der Waals surface area contributed by atoms with E-state index in [0.29, 0.717) is 16.9 Å². The van der Waals surface area contributed by atoms with E-state index in [1.165, 1.54) is 12.1 Å². The highest BCUT2D eigenvalue weighted by molar-refractivity contribution is 6.30. The average molecular weight is 312 g/mol. The third-order valence-corrected chi connectivity index (χ3v) is 3.59. The fourth-order valence-corrected chi connectivity index (χ4v) is 2.12. The molecule has 0 aliphatic carbocycles. The lowest BCUT2D eigenvalue weighted by Gasteiger charge is -2.13. The van der Waals surface area contributed by atoms with Crippen LogP contribution in [0, 0.1) is 11.6 Å². The second-order valence-electron chi connectivity index (χ2n) is 4.70. The van der Waals surface area contributed by atoms with Crippen molar-refractivity contribution >= 4 is 11.6 Å². The summed E-state index contributed by atoms with van der Waals surface area (Å²) in [6.07, 6.45) is 0. The van der Waals surface area contributed by atoms with Gasteiger partial charge in [0.25, 0.3) is 0 Å². The molecule has 0 amide bonds. The third-order valence-electron chi connectivity index (χ3n) is 3.30. The lowest BCUT2D eigenvalue weighted by atomic mass is 10.1. The number of hydrogen-bond donors (Lipinski definition) is 1. The van der Waals surface area contributed by atoms with Crippen molar-refractivity contribution in [2.45, 2.75) is 19.6 Å². The fraction of sp³-hybridized carbons (Fsp3) is 0.250. The Morgan fingerprint density at radius 3 is 2.67 bits per heavy atom. The maximum atomic E-state index is 13.9. The normalized spacial score (nSPS) is 12.2. The first-order valence-corrected chi connectivity index (χ1v) is 6.93. The van der Waals surface area contributed by atoms with E-state index in [1.54, 1.807) is 31.3 Å². The molecule has 0 fully saturated rings. The minimum atomic E-state index is -0.514. The van der Waals surface area contributed by atoms with Crippen LogP contribution >= 0.6 is 11.6 Å². The van der Waals surface area contributed by atoms with Gasteiger partial charge in [0.1, 0.15) is 24.0 Å². The van der Waals surface area contributed by atoms with Crippen LogP contribution in [0.2, 0.25) is 5.02 Å². The largest absolute Gasteiger partial charge is 0.489 e. The minimum absolute atomic E-state index is 0.00718. The van der Waals surface area contributed by atoms with Crippen molar-refractivity contribution < 1.29 is 13.5 Å². The van der Waals surface area contributed by atoms with Crippen molar-refractivity contribution in [3.8, 4) is 5.75 Å². The molecule has 0 aliphatic rings. The molecule has 2 nitrogen and oxygen atoms in total. The SMILES string of the molecule is CNC(C)c1ccc(OCc2cccc(Cl)c2F)cc1F. The van der Waals surface area contributed by atoms with E-state index in [-0.39, 0.29) is 23.5 Å². The van der Waals surface area contributed by atoms with Gasteiger partial charge in [-0.1, -0.05) is 29.8 Å². The van der Waals surface area contributed by atoms with Crippen LogP contribution in [-0.2, 0) is 6.61 Å². The fourth-order valence-electron chi connectivity index (χ4n) is 1.93. The number of rotatable bonds is 5. The zero-order valence-electron chi connectivity index (χ0n) is 11.8. The van der Waals surface area contributed by atoms with Gasteiger partial charge in [-0.05, 0) is 26.1 Å². The Bertz CT molecular complexity index is 634. The van der Waals surface area contributed by atoms with Gasteiger partial charge in [0, 0.05) is 23.2 Å². The topological polar surface area (TPSA) is 21.3 Å². The van der Waals surface area contributed by atoms with Gasteiger partial charge in [0.05, 0.1) is 5.02 Å². The van der Waals surface area contributed by atoms with Crippen LogP contribution in [0.15, 0.2) is 36.4 Å². The molecule has 0 spiro atoms. The molecule has 2 aromatic rings. The molecule has 0 bridgehead atoms. The van der Waals surface area contributed by atoms with E-state index < -0.39 is 5.82 Å². The maximum absolute atomic E-state index is 13.9. The van der Waals surface area contributed by atoms with Gasteiger partial charge in [-0.3, -0.25) is 0 Å². The van der Waals surface area contributed by atoms with E-state index in [2.05, 4.69) is 5.32 Å². The van der Waals surface area contributed by atoms with Crippen LogP contribution in [0.4, 0.5) is 8.78 Å². The number of benzene rings is 2. The minimum Gasteiger partial charge on any atom is -0.489 e. The van der Waals surface area contributed by atoms with Gasteiger partial charge >= 0.3 is 0 Å². The highest BCUT2D eigenvalue weighted by atomic mass is 35.5. The van der Waals surface area contributed by atoms with E-state index in [4.69, 9.17) is 16.3 Å². The quantitative estimate of drug-likeness (QED) is 0.879. The van der Waals surface area contributed by atoms with E-state index in [9.17, 15) is 8.78 Å². The van der Waals surface area contributed by atoms with Crippen LogP contribution < -0.4 is 10.1 Å². The monoisotopic (exact) mass is 311 g/mol. The summed E-state index contributed by atoms with van der Waals surface area (Å²) in [5.41, 5.74) is 0.884. The lowest BCUT2D eigenvalue weighted by molar-refractivity contribution is 0.298. The molecule has 2 rings (SSSR count). The summed E-state index contributed by atoms with van der Waals surface area (Å²) in [7, 11) is 1.76. The van der Waals surface area contributed by atoms with Gasteiger partial charge in [0.15, 0.2) is 0 Å². The molecule has 112 valence electrons. The summed E-state index contributed by atoms with van der Waals surface area (Å²) >= 11 is 5.69. The molecule has 0 aromatic heterocycles. The predicted octanol–water partition coefficient (Wildman–Crippen LogP) is 4.48. The first-order chi connectivity index (χ1) is 10.0. The second-order valence-corrected chi connectivity index (χ2v) is 5.10. The molecule has 21 heavy (non-hydrogen) atoms. The van der Waals surface area contributed by atoms with Crippen LogP contribution in [0.1, 0.15) is 24.1 Å². The van der Waals surface area contributed by atoms with Gasteiger partial charge in [-0.15, -0.1) is 0 Å². The Labute approximate surface area is 127 Å². The van der Waals surface area contributed by atoms with Crippen LogP contribution in [0.25, 0.3) is 0 Å². The van der Waals surface area contributed by atoms with Gasteiger partial charge < -0.3 is 10.1 Å². The highest BCUT2D eigenvalue weighted by Gasteiger charge is 2.11. The van der Waals surface area contributed by atoms with E-state index >= 15 is 0 Å². The first kappa shape index (κ1) is 15.7. The molecule has 2 aromatic carbocycles. The number of hydrogen-bond acceptors (Lipinski definition) is 2. The molecule has 0 heterocycles. The molecule has 1 unspecified atom stereocenters. The van der Waals surface area contributed by atoms with Crippen LogP contribution in [0.5, 0.6) is 5.75 Å². The molecule has 1 N–H and O–H groups in total. The van der Waals surface area contributed by atoms with Crippen LogP contribution in [0.3, 0.4) is 0 Å². The third kappa shape index (κ3) is 3.71. The Morgan fingerprint density at radius 2 is 2.00 bits per heavy atom. The second kappa shape index (κ2) is 6.87. The average Bonchev–Trinajstić information content (AvgIpc) is 2.48. The predicted molar refractivity (Wildman–Crippen MR) is 79.6 cm³/mol. The van der Waals surface area contributed by atoms with Crippen molar-refractivity contribution in [2.24, 2.45) is 0 Å². The molecule has 0 radical (unpaired) electrons. The summed E-state index contributed by atoms with van der Waals surface area (Å²) in [5.74, 6) is -0.528. The van der Waals surface area contributed by atoms with Gasteiger partial charge in [-0.25, -0.2) is 8.78 Å². The summed E-state index contributed by atoms with van der Waals surface area (Å²) in [5, 5.41) is 3.01. The highest BCUT2D eigenvalue weighted by Crippen LogP contribution is 2.23. The Hall–Kier alpha value is -1.65. The molecule has 1 atom stereocenters. The molecular formula is C16H16ClF2NO. The summed E-state index contributed by atoms with van der Waals surface area (Å²) in [6, 6.07) is 9.20. The molecule has 0 saturated heterocycles. The molecule has 0 saturated carbocycles. The standard InChI is InChI=1S/C16H16ClF2NO/c1-10(20-2)13-7-6-12(8-15(13)18)21-9-11-4-3-5-14(17)16(11)19/h3-8,10,20H,9H2,1-2H3. The van der Waals surface area contributed by atoms with Gasteiger partial charge in [-0.2, -0.15) is 0 Å². The van der Waals surface area contributed by atoms with Crippen molar-refractivity contribution in [2.75, 3.05) is 7.05 Å². The zero-order valence-corrected chi connectivity index (χ0v) is 12.5. The number of nitrogens with one attached hydrogen (secondary N) is 1. The molecule has 5 heteroatoms. The number of ether oxygens (including phenoxy) is 1.